The molecule has 0 radical (unpaired) electrons. The molecule has 10 aromatic rings. The van der Waals surface area contributed by atoms with Gasteiger partial charge in [-0.25, -0.2) is 4.98 Å². The summed E-state index contributed by atoms with van der Waals surface area (Å²) in [5, 5.41) is 2.24. The summed E-state index contributed by atoms with van der Waals surface area (Å²) >= 11 is 0. The molecule has 8 aromatic carbocycles. The summed E-state index contributed by atoms with van der Waals surface area (Å²) in [6, 6.07) is 74.9. The van der Waals surface area contributed by atoms with E-state index in [4.69, 9.17) is 4.98 Å². The topological polar surface area (TPSA) is 27.5 Å². The molecule has 0 spiro atoms. The zero-order valence-electron chi connectivity index (χ0n) is 48.5. The molecule has 0 bridgehead atoms. The van der Waals surface area contributed by atoms with Crippen LogP contribution in [0.1, 0.15) is 130 Å². The van der Waals surface area contributed by atoms with E-state index in [0.717, 1.165) is 73.0 Å². The Bertz CT molecular complexity index is 3810. The summed E-state index contributed by atoms with van der Waals surface area (Å²) in [6.07, 6.45) is 1.97. The molecule has 0 atom stereocenters. The van der Waals surface area contributed by atoms with Gasteiger partial charge in [0, 0.05) is 60.9 Å². The van der Waals surface area contributed by atoms with Crippen molar-refractivity contribution in [2.24, 2.45) is 0 Å². The van der Waals surface area contributed by atoms with Crippen LogP contribution in [0.3, 0.4) is 0 Å². The fraction of sp³-hybridized carbons (Fsp3) is 0.260. The first kappa shape index (κ1) is 55.1. The van der Waals surface area contributed by atoms with Gasteiger partial charge in [-0.15, -0.1) is 53.6 Å². The molecule has 79 heavy (non-hydrogen) atoms. The van der Waals surface area contributed by atoms with Gasteiger partial charge in [0.2, 0.25) is 0 Å². The van der Waals surface area contributed by atoms with Crippen LogP contribution in [0.5, 0.6) is 0 Å². The summed E-state index contributed by atoms with van der Waals surface area (Å²) in [5.74, 6) is 0.845. The number of pyridine rings is 1. The van der Waals surface area contributed by atoms with E-state index in [0.29, 0.717) is 0 Å². The van der Waals surface area contributed by atoms with E-state index in [2.05, 4.69) is 317 Å². The van der Waals surface area contributed by atoms with Crippen molar-refractivity contribution in [3.63, 3.8) is 0 Å². The van der Waals surface area contributed by atoms with Crippen molar-refractivity contribution in [1.82, 2.24) is 9.55 Å². The quantitative estimate of drug-likeness (QED) is 0.135. The van der Waals surface area contributed by atoms with Crippen LogP contribution in [0.4, 0.5) is 39.8 Å². The molecule has 0 saturated carbocycles. The van der Waals surface area contributed by atoms with Crippen molar-refractivity contribution in [2.75, 3.05) is 14.7 Å². The Morgan fingerprint density at radius 1 is 0.430 bits per heavy atom. The maximum atomic E-state index is 5.19. The maximum Gasteiger partial charge on any atom is 0.135 e. The van der Waals surface area contributed by atoms with Crippen molar-refractivity contribution in [2.45, 2.75) is 124 Å². The molecule has 0 unspecified atom stereocenters. The summed E-state index contributed by atoms with van der Waals surface area (Å²) in [5.41, 5.74) is 18.6. The molecular weight excluding hydrogens is 1140 g/mol. The number of hydrogen-bond donors (Lipinski definition) is 0. The first-order valence-electron chi connectivity index (χ1n) is 27.7. The molecule has 2 aromatic heterocycles. The maximum absolute atomic E-state index is 5.19. The molecule has 11 rings (SSSR count). The predicted molar refractivity (Wildman–Crippen MR) is 331 cm³/mol. The van der Waals surface area contributed by atoms with E-state index in [9.17, 15) is 0 Å². The average Bonchev–Trinajstić information content (AvgIpc) is 4.23. The van der Waals surface area contributed by atoms with Crippen LogP contribution in [0.25, 0.3) is 38.8 Å². The van der Waals surface area contributed by atoms with Crippen molar-refractivity contribution in [3.05, 3.63) is 240 Å². The van der Waals surface area contributed by atoms with Crippen LogP contribution in [0.15, 0.2) is 188 Å². The largest absolute Gasteiger partial charge is 0.493 e. The van der Waals surface area contributed by atoms with Gasteiger partial charge >= 0.3 is 0 Å². The van der Waals surface area contributed by atoms with Crippen molar-refractivity contribution in [3.8, 4) is 16.9 Å². The smallest absolute Gasteiger partial charge is 0.135 e. The Morgan fingerprint density at radius 2 is 1.00 bits per heavy atom. The fourth-order valence-corrected chi connectivity index (χ4v) is 10.9. The second-order valence-electron chi connectivity index (χ2n) is 26.1. The molecule has 0 aliphatic carbocycles. The minimum atomic E-state index is -0.298. The van der Waals surface area contributed by atoms with E-state index in [1.807, 2.05) is 6.20 Å². The third kappa shape index (κ3) is 10.6. The SMILES string of the molecule is CC(C)(C)c1ccc(C(C)(C)c2ccnc(-n3c4[c-]c(N(c5[c-]c(N6[CH-]N(c7cc(C(C)(C)C)cc(C(C)(C)C)c7)c7ccccc76)cc(C(C)(C)C)c5)c5ccccc5)ccc4c4cc(-c5ccccc5)ccc43)c2)cc1.[Pt]. The van der Waals surface area contributed by atoms with E-state index < -0.39 is 0 Å². The minimum Gasteiger partial charge on any atom is -0.493 e. The minimum absolute atomic E-state index is 0. The number of hydrogen-bond acceptors (Lipinski definition) is 4. The van der Waals surface area contributed by atoms with Crippen molar-refractivity contribution >= 4 is 61.6 Å². The normalized spacial score (nSPS) is 13.2. The number of benzene rings is 8. The zero-order chi connectivity index (χ0) is 55.1. The van der Waals surface area contributed by atoms with Crippen molar-refractivity contribution in [1.29, 1.82) is 0 Å². The number of nitrogens with zero attached hydrogens (tertiary/aromatic N) is 5. The van der Waals surface area contributed by atoms with Gasteiger partial charge in [0.25, 0.3) is 0 Å². The van der Waals surface area contributed by atoms with E-state index >= 15 is 0 Å². The van der Waals surface area contributed by atoms with Gasteiger partial charge in [0.05, 0.1) is 0 Å². The number of aromatic nitrogens is 2. The van der Waals surface area contributed by atoms with Gasteiger partial charge in [0.1, 0.15) is 5.82 Å². The van der Waals surface area contributed by atoms with Crippen LogP contribution < -0.4 is 14.7 Å². The van der Waals surface area contributed by atoms with Crippen LogP contribution in [0.2, 0.25) is 0 Å². The van der Waals surface area contributed by atoms with Gasteiger partial charge in [-0.2, -0.15) is 6.07 Å². The van der Waals surface area contributed by atoms with Gasteiger partial charge in [-0.1, -0.05) is 217 Å². The van der Waals surface area contributed by atoms with E-state index in [-0.39, 0.29) is 48.1 Å². The second-order valence-corrected chi connectivity index (χ2v) is 26.1. The van der Waals surface area contributed by atoms with Crippen LogP contribution >= 0.6 is 0 Å². The Hall–Kier alpha value is -7.20. The van der Waals surface area contributed by atoms with E-state index in [1.54, 1.807) is 0 Å². The van der Waals surface area contributed by atoms with E-state index in [1.165, 1.54) is 38.9 Å². The molecular formula is C73H74N5Pt-3. The number of fused-ring (bicyclic) bond motifs is 4. The Morgan fingerprint density at radius 3 is 1.62 bits per heavy atom. The van der Waals surface area contributed by atoms with Crippen LogP contribution in [-0.4, -0.2) is 9.55 Å². The van der Waals surface area contributed by atoms with Gasteiger partial charge in [-0.05, 0) is 121 Å². The molecule has 404 valence electrons. The Labute approximate surface area is 485 Å². The molecule has 0 saturated heterocycles. The summed E-state index contributed by atoms with van der Waals surface area (Å²) in [6.45, 7) is 34.4. The van der Waals surface area contributed by atoms with Gasteiger partial charge in [-0.3, -0.25) is 0 Å². The molecule has 6 heteroatoms. The van der Waals surface area contributed by atoms with Crippen LogP contribution in [-0.2, 0) is 48.1 Å². The first-order valence-corrected chi connectivity index (χ1v) is 27.7. The number of rotatable bonds is 9. The Kier molecular flexibility index (Phi) is 14.3. The fourth-order valence-electron chi connectivity index (χ4n) is 10.9. The van der Waals surface area contributed by atoms with Gasteiger partial charge in [0.15, 0.2) is 0 Å². The molecule has 1 aliphatic heterocycles. The first-order chi connectivity index (χ1) is 36.9. The summed E-state index contributed by atoms with van der Waals surface area (Å²) < 4.78 is 2.32. The predicted octanol–water partition coefficient (Wildman–Crippen LogP) is 19.8. The monoisotopic (exact) mass is 1220 g/mol. The Balaban J connectivity index is 0.00000704. The molecule has 3 heterocycles. The number of anilines is 7. The van der Waals surface area contributed by atoms with Crippen LogP contribution in [0, 0.1) is 18.8 Å². The van der Waals surface area contributed by atoms with Gasteiger partial charge < -0.3 is 19.3 Å². The average molecular weight is 1220 g/mol. The standard InChI is InChI=1S/C73H74N5.Pt/c1-69(2,3)51-30-32-52(33-31-51)73(13,14)53-37-38-74-68(45-53)78-64-36-29-50(49-23-17-15-18-24-49)39-63(64)62-35-34-58(47-67(62)78)77(57-25-19-16-20-26-57)61-44-56(72(10,11)12)43-60(46-61)76-48-75(65-27-21-22-28-66(65)76)59-41-54(70(4,5)6)40-55(42-59)71(7,8)9;/h15-45,48H,1-14H3;/q-3;. The third-order valence-electron chi connectivity index (χ3n) is 16.0. The molecule has 0 fully saturated rings. The van der Waals surface area contributed by atoms with Crippen molar-refractivity contribution < 1.29 is 21.1 Å². The zero-order valence-corrected chi connectivity index (χ0v) is 50.8. The molecule has 1 aliphatic rings. The molecule has 0 N–H and O–H groups in total. The molecule has 5 nitrogen and oxygen atoms in total. The molecule has 0 amide bonds. The summed E-state index contributed by atoms with van der Waals surface area (Å²) in [4.78, 5) is 12.2. The second kappa shape index (κ2) is 20.5. The third-order valence-corrected chi connectivity index (χ3v) is 16.0. The number of para-hydroxylation sites is 3. The summed E-state index contributed by atoms with van der Waals surface area (Å²) in [7, 11) is 0.